The van der Waals surface area contributed by atoms with Crippen LogP contribution in [0.15, 0.2) is 30.6 Å². The van der Waals surface area contributed by atoms with Gasteiger partial charge in [-0.25, -0.2) is 0 Å². The van der Waals surface area contributed by atoms with Crippen molar-refractivity contribution in [3.05, 3.63) is 30.6 Å². The summed E-state index contributed by atoms with van der Waals surface area (Å²) >= 11 is 0. The molecule has 0 radical (unpaired) electrons. The highest BCUT2D eigenvalue weighted by molar-refractivity contribution is 5.95. The van der Waals surface area contributed by atoms with Crippen LogP contribution in [-0.4, -0.2) is 21.1 Å². The third kappa shape index (κ3) is 2.50. The Hall–Kier alpha value is -2.17. The lowest BCUT2D eigenvalue weighted by atomic mass is 10.2. The number of H-pyrrole nitrogens is 1. The molecule has 2 aromatic rings. The van der Waals surface area contributed by atoms with Gasteiger partial charge in [-0.1, -0.05) is 13.8 Å². The maximum Gasteiger partial charge on any atom is 0.226 e. The van der Waals surface area contributed by atoms with E-state index < -0.39 is 0 Å². The van der Waals surface area contributed by atoms with E-state index in [4.69, 9.17) is 0 Å². The molecule has 1 amide bonds. The van der Waals surface area contributed by atoms with Crippen molar-refractivity contribution in [3.63, 3.8) is 0 Å². The molecule has 0 unspecified atom stereocenters. The predicted molar refractivity (Wildman–Crippen MR) is 65.3 cm³/mol. The molecule has 2 rings (SSSR count). The molecule has 2 N–H and O–H groups in total. The van der Waals surface area contributed by atoms with Crippen LogP contribution < -0.4 is 5.32 Å². The van der Waals surface area contributed by atoms with Gasteiger partial charge in [0.2, 0.25) is 5.91 Å². The van der Waals surface area contributed by atoms with Crippen LogP contribution in [0, 0.1) is 5.92 Å². The van der Waals surface area contributed by atoms with Crippen molar-refractivity contribution in [3.8, 4) is 11.4 Å². The molecule has 0 aliphatic heterocycles. The number of pyridine rings is 1. The summed E-state index contributed by atoms with van der Waals surface area (Å²) in [5.74, 6) is -0.0939. The Morgan fingerprint density at radius 2 is 2.18 bits per heavy atom. The Morgan fingerprint density at radius 1 is 1.35 bits per heavy atom. The van der Waals surface area contributed by atoms with Crippen molar-refractivity contribution >= 4 is 11.6 Å². The van der Waals surface area contributed by atoms with Crippen LogP contribution in [0.1, 0.15) is 13.8 Å². The van der Waals surface area contributed by atoms with E-state index in [2.05, 4.69) is 20.5 Å². The molecular weight excluding hydrogens is 216 g/mol. The van der Waals surface area contributed by atoms with Crippen LogP contribution in [0.5, 0.6) is 0 Å². The van der Waals surface area contributed by atoms with Crippen molar-refractivity contribution in [2.45, 2.75) is 13.8 Å². The SMILES string of the molecule is CC(C)C(=O)Nc1cccnc1-c1ccn[nH]1. The van der Waals surface area contributed by atoms with Gasteiger partial charge in [-0.3, -0.25) is 14.9 Å². The maximum absolute atomic E-state index is 11.7. The highest BCUT2D eigenvalue weighted by Crippen LogP contribution is 2.23. The minimum atomic E-state index is -0.0650. The fraction of sp³-hybridized carbons (Fsp3) is 0.250. The van der Waals surface area contributed by atoms with E-state index in [9.17, 15) is 4.79 Å². The Morgan fingerprint density at radius 3 is 2.82 bits per heavy atom. The lowest BCUT2D eigenvalue weighted by molar-refractivity contribution is -0.118. The van der Waals surface area contributed by atoms with Crippen LogP contribution in [0.25, 0.3) is 11.4 Å². The van der Waals surface area contributed by atoms with Gasteiger partial charge >= 0.3 is 0 Å². The van der Waals surface area contributed by atoms with Crippen LogP contribution in [0.3, 0.4) is 0 Å². The number of amides is 1. The smallest absolute Gasteiger partial charge is 0.226 e. The van der Waals surface area contributed by atoms with Gasteiger partial charge < -0.3 is 5.32 Å². The first-order chi connectivity index (χ1) is 8.18. The van der Waals surface area contributed by atoms with Gasteiger partial charge in [-0.05, 0) is 18.2 Å². The van der Waals surface area contributed by atoms with Crippen molar-refractivity contribution in [2.75, 3.05) is 5.32 Å². The zero-order chi connectivity index (χ0) is 12.3. The first-order valence-electron chi connectivity index (χ1n) is 5.44. The standard InChI is InChI=1S/C12H14N4O/c1-8(2)12(17)15-9-4-3-6-13-11(9)10-5-7-14-16-10/h3-8H,1-2H3,(H,14,16)(H,15,17). The zero-order valence-corrected chi connectivity index (χ0v) is 9.77. The number of rotatable bonds is 3. The Balaban J connectivity index is 2.32. The first kappa shape index (κ1) is 11.3. The molecular formula is C12H14N4O. The minimum absolute atomic E-state index is 0.0289. The molecule has 5 nitrogen and oxygen atoms in total. The molecule has 5 heteroatoms. The molecule has 88 valence electrons. The van der Waals surface area contributed by atoms with Gasteiger partial charge in [-0.2, -0.15) is 5.10 Å². The molecule has 0 spiro atoms. The average Bonchev–Trinajstić information content (AvgIpc) is 2.83. The number of carbonyl (C=O) groups is 1. The molecule has 0 fully saturated rings. The van der Waals surface area contributed by atoms with E-state index in [-0.39, 0.29) is 11.8 Å². The summed E-state index contributed by atoms with van der Waals surface area (Å²) in [4.78, 5) is 15.9. The van der Waals surface area contributed by atoms with E-state index in [1.807, 2.05) is 26.0 Å². The van der Waals surface area contributed by atoms with Crippen LogP contribution in [0.4, 0.5) is 5.69 Å². The van der Waals surface area contributed by atoms with Crippen molar-refractivity contribution in [1.29, 1.82) is 0 Å². The summed E-state index contributed by atoms with van der Waals surface area (Å²) in [6, 6.07) is 5.42. The van der Waals surface area contributed by atoms with Gasteiger partial charge in [0.25, 0.3) is 0 Å². The molecule has 0 saturated heterocycles. The molecule has 2 heterocycles. The zero-order valence-electron chi connectivity index (χ0n) is 9.77. The number of carbonyl (C=O) groups excluding carboxylic acids is 1. The van der Waals surface area contributed by atoms with E-state index in [1.165, 1.54) is 0 Å². The number of aromatic nitrogens is 3. The molecule has 17 heavy (non-hydrogen) atoms. The van der Waals surface area contributed by atoms with Gasteiger partial charge in [0.05, 0.1) is 11.4 Å². The summed E-state index contributed by atoms with van der Waals surface area (Å²) in [5.41, 5.74) is 2.17. The van der Waals surface area contributed by atoms with Gasteiger partial charge in [-0.15, -0.1) is 0 Å². The second-order valence-corrected chi connectivity index (χ2v) is 4.01. The maximum atomic E-state index is 11.7. The van der Waals surface area contributed by atoms with Crippen molar-refractivity contribution < 1.29 is 4.79 Å². The first-order valence-corrected chi connectivity index (χ1v) is 5.44. The molecule has 0 bridgehead atoms. The largest absolute Gasteiger partial charge is 0.324 e. The minimum Gasteiger partial charge on any atom is -0.324 e. The third-order valence-electron chi connectivity index (χ3n) is 2.35. The van der Waals surface area contributed by atoms with Crippen LogP contribution in [-0.2, 0) is 4.79 Å². The van der Waals surface area contributed by atoms with Gasteiger partial charge in [0, 0.05) is 18.3 Å². The van der Waals surface area contributed by atoms with Gasteiger partial charge in [0.1, 0.15) is 5.69 Å². The number of nitrogens with zero attached hydrogens (tertiary/aromatic N) is 2. The highest BCUT2D eigenvalue weighted by Gasteiger charge is 2.12. The summed E-state index contributed by atoms with van der Waals surface area (Å²) in [7, 11) is 0. The predicted octanol–water partition coefficient (Wildman–Crippen LogP) is 2.07. The fourth-order valence-corrected chi connectivity index (χ4v) is 1.39. The van der Waals surface area contributed by atoms with Gasteiger partial charge in [0.15, 0.2) is 0 Å². The monoisotopic (exact) mass is 230 g/mol. The number of hydrogen-bond acceptors (Lipinski definition) is 3. The second kappa shape index (κ2) is 4.78. The number of anilines is 1. The average molecular weight is 230 g/mol. The lowest BCUT2D eigenvalue weighted by Gasteiger charge is -2.10. The van der Waals surface area contributed by atoms with E-state index in [0.717, 1.165) is 5.69 Å². The normalized spacial score (nSPS) is 10.5. The molecule has 0 aliphatic carbocycles. The number of hydrogen-bond donors (Lipinski definition) is 2. The Labute approximate surface area is 99.3 Å². The fourth-order valence-electron chi connectivity index (χ4n) is 1.39. The molecule has 0 saturated carbocycles. The molecule has 0 aromatic carbocycles. The van der Waals surface area contributed by atoms with Crippen molar-refractivity contribution in [1.82, 2.24) is 15.2 Å². The summed E-state index contributed by atoms with van der Waals surface area (Å²) in [6.45, 7) is 3.70. The molecule has 0 atom stereocenters. The van der Waals surface area contributed by atoms with E-state index in [0.29, 0.717) is 11.4 Å². The Kier molecular flexibility index (Phi) is 3.18. The molecule has 2 aromatic heterocycles. The Bertz CT molecular complexity index is 505. The van der Waals surface area contributed by atoms with Crippen molar-refractivity contribution in [2.24, 2.45) is 5.92 Å². The summed E-state index contributed by atoms with van der Waals surface area (Å²) in [5, 5.41) is 9.56. The summed E-state index contributed by atoms with van der Waals surface area (Å²) in [6.07, 6.45) is 3.33. The highest BCUT2D eigenvalue weighted by atomic mass is 16.1. The second-order valence-electron chi connectivity index (χ2n) is 4.01. The third-order valence-corrected chi connectivity index (χ3v) is 2.35. The topological polar surface area (TPSA) is 70.7 Å². The number of aromatic amines is 1. The van der Waals surface area contributed by atoms with Crippen LogP contribution >= 0.6 is 0 Å². The number of nitrogens with one attached hydrogen (secondary N) is 2. The van der Waals surface area contributed by atoms with E-state index in [1.54, 1.807) is 18.5 Å². The quantitative estimate of drug-likeness (QED) is 0.847. The summed E-state index contributed by atoms with van der Waals surface area (Å²) < 4.78 is 0. The van der Waals surface area contributed by atoms with Crippen LogP contribution in [0.2, 0.25) is 0 Å². The van der Waals surface area contributed by atoms with E-state index >= 15 is 0 Å². The molecule has 0 aliphatic rings. The lowest BCUT2D eigenvalue weighted by Crippen LogP contribution is -2.18.